The number of halogens is 3. The molecule has 1 saturated heterocycles. The van der Waals surface area contributed by atoms with Crippen molar-refractivity contribution >= 4 is 32.6 Å². The second-order valence-electron chi connectivity index (χ2n) is 6.13. The molecule has 0 spiro atoms. The maximum absolute atomic E-state index is 13.6. The van der Waals surface area contributed by atoms with Gasteiger partial charge in [0.25, 0.3) is 0 Å². The largest absolute Gasteiger partial charge is 0.351 e. The maximum atomic E-state index is 13.6. The van der Waals surface area contributed by atoms with Gasteiger partial charge in [-0.05, 0) is 30.3 Å². The minimum atomic E-state index is -0.678. The number of benzene rings is 2. The third kappa shape index (κ3) is 3.12. The van der Waals surface area contributed by atoms with E-state index in [9.17, 15) is 18.0 Å². The normalized spacial score (nSPS) is 14.5. The van der Waals surface area contributed by atoms with E-state index in [1.807, 2.05) is 4.90 Å². The Kier molecular flexibility index (Phi) is 4.28. The van der Waals surface area contributed by atoms with Crippen molar-refractivity contribution in [1.82, 2.24) is 10.3 Å². The first-order chi connectivity index (χ1) is 12.5. The van der Waals surface area contributed by atoms with Gasteiger partial charge in [0.1, 0.15) is 17.5 Å². The standard InChI is InChI=1S/C18H14F3N3OS/c19-11-4-5-15-16(6-11)26-18(23-15)24-8-10(9-24)17(25)22-7-12-13(20)2-1-3-14(12)21/h1-6,10H,7-9H2,(H,22,25). The SMILES string of the molecule is O=C(NCc1c(F)cccc1F)C1CN(c2nc3ccc(F)cc3s2)C1. The monoisotopic (exact) mass is 377 g/mol. The molecule has 1 aliphatic rings. The molecule has 0 unspecified atom stereocenters. The number of hydrogen-bond acceptors (Lipinski definition) is 4. The first-order valence-corrected chi connectivity index (χ1v) is 8.84. The fourth-order valence-corrected chi connectivity index (χ4v) is 3.85. The van der Waals surface area contributed by atoms with Gasteiger partial charge in [0.2, 0.25) is 5.91 Å². The highest BCUT2D eigenvalue weighted by Gasteiger charge is 2.34. The molecule has 1 aliphatic heterocycles. The summed E-state index contributed by atoms with van der Waals surface area (Å²) in [6, 6.07) is 8.02. The van der Waals surface area contributed by atoms with E-state index < -0.39 is 11.6 Å². The van der Waals surface area contributed by atoms with Gasteiger partial charge in [0.15, 0.2) is 5.13 Å². The molecule has 4 nitrogen and oxygen atoms in total. The second kappa shape index (κ2) is 6.60. The number of carbonyl (C=O) groups excluding carboxylic acids is 1. The molecule has 8 heteroatoms. The van der Waals surface area contributed by atoms with Crippen LogP contribution in [0.25, 0.3) is 10.2 Å². The summed E-state index contributed by atoms with van der Waals surface area (Å²) in [6.45, 7) is 0.746. The van der Waals surface area contributed by atoms with Gasteiger partial charge in [-0.2, -0.15) is 0 Å². The lowest BCUT2D eigenvalue weighted by Crippen LogP contribution is -2.53. The third-order valence-electron chi connectivity index (χ3n) is 4.36. The summed E-state index contributed by atoms with van der Waals surface area (Å²) in [5.41, 5.74) is 0.569. The fraction of sp³-hybridized carbons (Fsp3) is 0.222. The molecule has 4 rings (SSSR count). The third-order valence-corrected chi connectivity index (χ3v) is 5.44. The zero-order chi connectivity index (χ0) is 18.3. The number of fused-ring (bicyclic) bond motifs is 1. The van der Waals surface area contributed by atoms with E-state index >= 15 is 0 Å². The summed E-state index contributed by atoms with van der Waals surface area (Å²) in [5.74, 6) is -2.19. The van der Waals surface area contributed by atoms with Crippen LogP contribution in [0.15, 0.2) is 36.4 Å². The molecule has 1 fully saturated rings. The van der Waals surface area contributed by atoms with Crippen LogP contribution in [0.4, 0.5) is 18.3 Å². The number of nitrogens with zero attached hydrogens (tertiary/aromatic N) is 2. The molecule has 0 atom stereocenters. The minimum Gasteiger partial charge on any atom is -0.351 e. The van der Waals surface area contributed by atoms with Crippen molar-refractivity contribution < 1.29 is 18.0 Å². The van der Waals surface area contributed by atoms with Crippen LogP contribution < -0.4 is 10.2 Å². The Hall–Kier alpha value is -2.61. The van der Waals surface area contributed by atoms with E-state index in [0.717, 1.165) is 22.0 Å². The number of thiazole rings is 1. The molecule has 0 radical (unpaired) electrons. The highest BCUT2D eigenvalue weighted by atomic mass is 32.1. The van der Waals surface area contributed by atoms with Gasteiger partial charge in [-0.3, -0.25) is 4.79 Å². The summed E-state index contributed by atoms with van der Waals surface area (Å²) in [6.07, 6.45) is 0. The van der Waals surface area contributed by atoms with Gasteiger partial charge in [-0.1, -0.05) is 17.4 Å². The molecule has 2 aromatic carbocycles. The van der Waals surface area contributed by atoms with Gasteiger partial charge < -0.3 is 10.2 Å². The Morgan fingerprint density at radius 2 is 1.92 bits per heavy atom. The predicted molar refractivity (Wildman–Crippen MR) is 93.5 cm³/mol. The molecular weight excluding hydrogens is 363 g/mol. The predicted octanol–water partition coefficient (Wildman–Crippen LogP) is 3.47. The van der Waals surface area contributed by atoms with Gasteiger partial charge >= 0.3 is 0 Å². The number of aromatic nitrogens is 1. The molecule has 1 N–H and O–H groups in total. The summed E-state index contributed by atoms with van der Waals surface area (Å²) in [4.78, 5) is 18.5. The lowest BCUT2D eigenvalue weighted by Gasteiger charge is -2.37. The zero-order valence-electron chi connectivity index (χ0n) is 13.5. The van der Waals surface area contributed by atoms with E-state index in [1.165, 1.54) is 29.5 Å². The topological polar surface area (TPSA) is 45.2 Å². The van der Waals surface area contributed by atoms with Crippen LogP contribution in [-0.2, 0) is 11.3 Å². The molecule has 0 bridgehead atoms. The molecule has 1 amide bonds. The average Bonchev–Trinajstić information content (AvgIpc) is 2.95. The van der Waals surface area contributed by atoms with Crippen LogP contribution in [0.3, 0.4) is 0 Å². The van der Waals surface area contributed by atoms with Crippen molar-refractivity contribution in [2.24, 2.45) is 5.92 Å². The van der Waals surface area contributed by atoms with Crippen molar-refractivity contribution in [3.63, 3.8) is 0 Å². The Morgan fingerprint density at radius 3 is 2.65 bits per heavy atom. The minimum absolute atomic E-state index is 0.148. The Morgan fingerprint density at radius 1 is 1.19 bits per heavy atom. The Bertz CT molecular complexity index is 965. The maximum Gasteiger partial charge on any atom is 0.226 e. The van der Waals surface area contributed by atoms with Gasteiger partial charge in [0, 0.05) is 25.2 Å². The van der Waals surface area contributed by atoms with Gasteiger partial charge in [0.05, 0.1) is 16.1 Å². The lowest BCUT2D eigenvalue weighted by atomic mass is 10.00. The van der Waals surface area contributed by atoms with Crippen molar-refractivity contribution in [2.75, 3.05) is 18.0 Å². The summed E-state index contributed by atoms with van der Waals surface area (Å²) in [7, 11) is 0. The summed E-state index contributed by atoms with van der Waals surface area (Å²) in [5, 5.41) is 3.31. The Balaban J connectivity index is 1.35. The first kappa shape index (κ1) is 16.8. The van der Waals surface area contributed by atoms with Crippen LogP contribution in [0.2, 0.25) is 0 Å². The zero-order valence-corrected chi connectivity index (χ0v) is 14.3. The van der Waals surface area contributed by atoms with Crippen molar-refractivity contribution in [1.29, 1.82) is 0 Å². The molecular formula is C18H14F3N3OS. The summed E-state index contributed by atoms with van der Waals surface area (Å²) >= 11 is 1.37. The lowest BCUT2D eigenvalue weighted by molar-refractivity contribution is -0.125. The molecule has 134 valence electrons. The van der Waals surface area contributed by atoms with E-state index in [0.29, 0.717) is 18.6 Å². The number of nitrogens with one attached hydrogen (secondary N) is 1. The summed E-state index contributed by atoms with van der Waals surface area (Å²) < 4.78 is 41.2. The van der Waals surface area contributed by atoms with Crippen LogP contribution >= 0.6 is 11.3 Å². The first-order valence-electron chi connectivity index (χ1n) is 8.03. The average molecular weight is 377 g/mol. The highest BCUT2D eigenvalue weighted by Crippen LogP contribution is 2.33. The number of amides is 1. The van der Waals surface area contributed by atoms with Crippen LogP contribution in [-0.4, -0.2) is 24.0 Å². The van der Waals surface area contributed by atoms with E-state index in [2.05, 4.69) is 10.3 Å². The second-order valence-corrected chi connectivity index (χ2v) is 7.14. The van der Waals surface area contributed by atoms with Crippen molar-refractivity contribution in [3.8, 4) is 0 Å². The highest BCUT2D eigenvalue weighted by molar-refractivity contribution is 7.22. The van der Waals surface area contributed by atoms with E-state index in [-0.39, 0.29) is 29.8 Å². The van der Waals surface area contributed by atoms with Gasteiger partial charge in [-0.25, -0.2) is 18.2 Å². The van der Waals surface area contributed by atoms with Crippen molar-refractivity contribution in [3.05, 3.63) is 59.4 Å². The molecule has 2 heterocycles. The van der Waals surface area contributed by atoms with Crippen LogP contribution in [0.1, 0.15) is 5.56 Å². The number of hydrogen-bond donors (Lipinski definition) is 1. The molecule has 3 aromatic rings. The molecule has 0 aliphatic carbocycles. The number of anilines is 1. The molecule has 26 heavy (non-hydrogen) atoms. The smallest absolute Gasteiger partial charge is 0.226 e. The van der Waals surface area contributed by atoms with Crippen LogP contribution in [0.5, 0.6) is 0 Å². The van der Waals surface area contributed by atoms with Crippen LogP contribution in [0, 0.1) is 23.4 Å². The fourth-order valence-electron chi connectivity index (χ4n) is 2.84. The van der Waals surface area contributed by atoms with Gasteiger partial charge in [-0.15, -0.1) is 0 Å². The van der Waals surface area contributed by atoms with E-state index in [4.69, 9.17) is 0 Å². The molecule has 0 saturated carbocycles. The van der Waals surface area contributed by atoms with E-state index in [1.54, 1.807) is 6.07 Å². The number of carbonyl (C=O) groups is 1. The quantitative estimate of drug-likeness (QED) is 0.757. The number of rotatable bonds is 4. The molecule has 1 aromatic heterocycles. The van der Waals surface area contributed by atoms with Crippen molar-refractivity contribution in [2.45, 2.75) is 6.54 Å². The Labute approximate surface area is 151 Å².